The summed E-state index contributed by atoms with van der Waals surface area (Å²) in [4.78, 5) is 0. The van der Waals surface area contributed by atoms with Crippen molar-refractivity contribution in [3.05, 3.63) is 11.6 Å². The molecule has 0 bridgehead atoms. The van der Waals surface area contributed by atoms with E-state index in [1.54, 1.807) is 5.57 Å². The lowest BCUT2D eigenvalue weighted by Crippen LogP contribution is -2.56. The Bertz CT molecular complexity index is 740. The minimum absolute atomic E-state index is 0.251. The molecule has 0 heterocycles. The molecule has 1 heteroatoms. The van der Waals surface area contributed by atoms with Crippen molar-refractivity contribution in [1.82, 2.24) is 0 Å². The van der Waals surface area contributed by atoms with Gasteiger partial charge in [-0.1, -0.05) is 74.0 Å². The molecule has 3 fully saturated rings. The molecule has 4 rings (SSSR count). The van der Waals surface area contributed by atoms with Gasteiger partial charge in [0.25, 0.3) is 0 Å². The van der Waals surface area contributed by atoms with Gasteiger partial charge in [0.15, 0.2) is 0 Å². The summed E-state index contributed by atoms with van der Waals surface area (Å²) in [7, 11) is 0. The fraction of sp³-hybridized carbons (Fsp3) is 0.935. The second kappa shape index (κ2) is 7.86. The molecule has 3 saturated carbocycles. The summed E-state index contributed by atoms with van der Waals surface area (Å²) in [6.45, 7) is 22.3. The van der Waals surface area contributed by atoms with Crippen LogP contribution in [-0.4, -0.2) is 10.7 Å². The van der Waals surface area contributed by atoms with Crippen LogP contribution in [0.3, 0.4) is 0 Å². The van der Waals surface area contributed by atoms with E-state index >= 15 is 0 Å². The van der Waals surface area contributed by atoms with Gasteiger partial charge in [-0.3, -0.25) is 0 Å². The van der Waals surface area contributed by atoms with Gasteiger partial charge >= 0.3 is 0 Å². The Morgan fingerprint density at radius 1 is 1.00 bits per heavy atom. The molecule has 1 nitrogen and oxygen atoms in total. The predicted octanol–water partition coefficient (Wildman–Crippen LogP) is 8.81. The normalized spacial score (nSPS) is 46.6. The zero-order valence-corrected chi connectivity index (χ0v) is 23.0. The van der Waals surface area contributed by atoms with Crippen LogP contribution in [0.4, 0.5) is 0 Å². The molecule has 0 radical (unpaired) electrons. The SMILES string of the molecule is CC[C@]1(O)CC[C@@]2(C)C(=CC(C)(C)[C@H]3[C@@H]4CC[C@H]([C@H](C)CCC(C)(C)C)[C@@]4(C)CC[C@@H]32)C1. The average Bonchev–Trinajstić information content (AvgIpc) is 3.04. The average molecular weight is 443 g/mol. The van der Waals surface area contributed by atoms with Crippen molar-refractivity contribution in [2.24, 2.45) is 51.2 Å². The van der Waals surface area contributed by atoms with Crippen molar-refractivity contribution >= 4 is 0 Å². The molecule has 0 aromatic carbocycles. The van der Waals surface area contributed by atoms with Gasteiger partial charge < -0.3 is 5.11 Å². The van der Waals surface area contributed by atoms with Crippen molar-refractivity contribution in [2.45, 2.75) is 132 Å². The topological polar surface area (TPSA) is 20.2 Å². The van der Waals surface area contributed by atoms with Gasteiger partial charge in [-0.05, 0) is 115 Å². The molecule has 0 aliphatic heterocycles. The van der Waals surface area contributed by atoms with Crippen LogP contribution in [0.2, 0.25) is 0 Å². The van der Waals surface area contributed by atoms with E-state index in [0.717, 1.165) is 48.9 Å². The molecule has 184 valence electrons. The molecule has 0 amide bonds. The Hall–Kier alpha value is -0.300. The molecule has 1 N–H and O–H groups in total. The fourth-order valence-electron chi connectivity index (χ4n) is 9.51. The van der Waals surface area contributed by atoms with Gasteiger partial charge in [0, 0.05) is 0 Å². The van der Waals surface area contributed by atoms with E-state index in [-0.39, 0.29) is 5.41 Å². The highest BCUT2D eigenvalue weighted by Gasteiger charge is 2.63. The molecule has 4 aliphatic rings. The third-order valence-corrected chi connectivity index (χ3v) is 11.6. The molecule has 0 unspecified atom stereocenters. The van der Waals surface area contributed by atoms with Crippen LogP contribution in [-0.2, 0) is 0 Å². The Labute approximate surface area is 200 Å². The third kappa shape index (κ3) is 3.95. The second-order valence-corrected chi connectivity index (χ2v) is 15.2. The molecule has 0 aromatic heterocycles. The van der Waals surface area contributed by atoms with E-state index in [1.807, 2.05) is 0 Å². The second-order valence-electron chi connectivity index (χ2n) is 15.2. The molecule has 8 atom stereocenters. The van der Waals surface area contributed by atoms with Crippen LogP contribution in [0.15, 0.2) is 11.6 Å². The van der Waals surface area contributed by atoms with Crippen molar-refractivity contribution in [2.75, 3.05) is 0 Å². The zero-order chi connectivity index (χ0) is 23.7. The van der Waals surface area contributed by atoms with Crippen LogP contribution < -0.4 is 0 Å². The summed E-state index contributed by atoms with van der Waals surface area (Å²) < 4.78 is 0. The maximum atomic E-state index is 11.2. The lowest BCUT2D eigenvalue weighted by atomic mass is 9.42. The first-order valence-electron chi connectivity index (χ1n) is 14.1. The maximum Gasteiger partial charge on any atom is 0.0682 e. The van der Waals surface area contributed by atoms with E-state index in [4.69, 9.17) is 0 Å². The molecule has 4 aliphatic carbocycles. The molecular weight excluding hydrogens is 388 g/mol. The lowest BCUT2D eigenvalue weighted by Gasteiger charge is -2.63. The Balaban J connectivity index is 1.62. The summed E-state index contributed by atoms with van der Waals surface area (Å²) in [5, 5.41) is 11.2. The largest absolute Gasteiger partial charge is 0.390 e. The van der Waals surface area contributed by atoms with Crippen molar-refractivity contribution in [3.8, 4) is 0 Å². The van der Waals surface area contributed by atoms with Crippen molar-refractivity contribution in [3.63, 3.8) is 0 Å². The standard InChI is InChI=1S/C31H54O/c1-10-31(32)18-17-29(8)22(20-31)19-28(6,7)26-24-12-11-23(21(2)13-15-27(3,4)5)30(24,9)16-14-25(26)29/h19,21,23-26,32H,10-18,20H2,1-9H3/t21-,23-,24+,25+,26+,29+,30-,31+/m1/s1. The smallest absolute Gasteiger partial charge is 0.0682 e. The number of hydrogen-bond acceptors (Lipinski definition) is 1. The van der Waals surface area contributed by atoms with Crippen molar-refractivity contribution < 1.29 is 5.11 Å². The number of hydrogen-bond donors (Lipinski definition) is 1. The first-order valence-corrected chi connectivity index (χ1v) is 14.1. The Morgan fingerprint density at radius 2 is 1.69 bits per heavy atom. The lowest BCUT2D eigenvalue weighted by molar-refractivity contribution is -0.107. The number of fused-ring (bicyclic) bond motifs is 5. The highest BCUT2D eigenvalue weighted by atomic mass is 16.3. The van der Waals surface area contributed by atoms with E-state index < -0.39 is 5.60 Å². The van der Waals surface area contributed by atoms with Crippen LogP contribution in [0.5, 0.6) is 0 Å². The molecule has 0 aromatic rings. The Kier molecular flexibility index (Phi) is 6.09. The van der Waals surface area contributed by atoms with E-state index in [9.17, 15) is 5.11 Å². The minimum Gasteiger partial charge on any atom is -0.390 e. The fourth-order valence-corrected chi connectivity index (χ4v) is 9.51. The van der Waals surface area contributed by atoms with Crippen LogP contribution in [0, 0.1) is 51.2 Å². The monoisotopic (exact) mass is 442 g/mol. The summed E-state index contributed by atoms with van der Waals surface area (Å²) in [6.07, 6.45) is 15.2. The van der Waals surface area contributed by atoms with Gasteiger partial charge in [0.1, 0.15) is 0 Å². The molecule has 0 saturated heterocycles. The number of allylic oxidation sites excluding steroid dienone is 1. The van der Waals surface area contributed by atoms with Gasteiger partial charge in [0.05, 0.1) is 5.60 Å². The van der Waals surface area contributed by atoms with Crippen LogP contribution in [0.25, 0.3) is 0 Å². The summed E-state index contributed by atoms with van der Waals surface area (Å²) >= 11 is 0. The third-order valence-electron chi connectivity index (χ3n) is 11.6. The van der Waals surface area contributed by atoms with Gasteiger partial charge in [-0.15, -0.1) is 0 Å². The van der Waals surface area contributed by atoms with Gasteiger partial charge in [0.2, 0.25) is 0 Å². The van der Waals surface area contributed by atoms with Crippen LogP contribution in [0.1, 0.15) is 127 Å². The van der Waals surface area contributed by atoms with Gasteiger partial charge in [-0.2, -0.15) is 0 Å². The maximum absolute atomic E-state index is 11.2. The highest BCUT2D eigenvalue weighted by molar-refractivity contribution is 5.30. The van der Waals surface area contributed by atoms with Crippen LogP contribution >= 0.6 is 0 Å². The summed E-state index contributed by atoms with van der Waals surface area (Å²) in [6, 6.07) is 0. The summed E-state index contributed by atoms with van der Waals surface area (Å²) in [5.74, 6) is 4.24. The van der Waals surface area contributed by atoms with E-state index in [2.05, 4.69) is 68.4 Å². The molecular formula is C31H54O. The van der Waals surface area contributed by atoms with E-state index in [1.165, 1.54) is 44.9 Å². The molecule has 0 spiro atoms. The number of aliphatic hydroxyl groups is 1. The quantitative estimate of drug-likeness (QED) is 0.431. The predicted molar refractivity (Wildman–Crippen MR) is 137 cm³/mol. The minimum atomic E-state index is -0.460. The highest BCUT2D eigenvalue weighted by Crippen LogP contribution is 2.71. The zero-order valence-electron chi connectivity index (χ0n) is 23.0. The molecule has 32 heavy (non-hydrogen) atoms. The number of rotatable bonds is 4. The van der Waals surface area contributed by atoms with Gasteiger partial charge in [-0.25, -0.2) is 0 Å². The summed E-state index contributed by atoms with van der Waals surface area (Å²) in [5.41, 5.74) is 2.69. The first-order chi connectivity index (χ1) is 14.7. The van der Waals surface area contributed by atoms with Crippen molar-refractivity contribution in [1.29, 1.82) is 0 Å². The Morgan fingerprint density at radius 3 is 2.31 bits per heavy atom. The van der Waals surface area contributed by atoms with E-state index in [0.29, 0.717) is 16.2 Å². The first kappa shape index (κ1) is 24.8.